The molecule has 7 heteroatoms. The lowest BCUT2D eigenvalue weighted by Crippen LogP contribution is -2.31. The molecule has 16 heavy (non-hydrogen) atoms. The smallest absolute Gasteiger partial charge is 0.286 e. The van der Waals surface area contributed by atoms with Gasteiger partial charge in [-0.25, -0.2) is 0 Å². The van der Waals surface area contributed by atoms with E-state index in [2.05, 4.69) is 9.71 Å². The number of anilines is 1. The van der Waals surface area contributed by atoms with Crippen molar-refractivity contribution in [2.45, 2.75) is 25.7 Å². The molecule has 1 aliphatic heterocycles. The topological polar surface area (TPSA) is 58.5 Å². The fourth-order valence-corrected chi connectivity index (χ4v) is 4.06. The fraction of sp³-hybridized carbons (Fsp3) is 0.444. The third-order valence-electron chi connectivity index (χ3n) is 2.10. The van der Waals surface area contributed by atoms with E-state index in [1.807, 2.05) is 20.8 Å². The highest BCUT2D eigenvalue weighted by molar-refractivity contribution is 7.90. The van der Waals surface area contributed by atoms with E-state index in [4.69, 9.17) is 11.6 Å². The van der Waals surface area contributed by atoms with Crippen LogP contribution >= 0.6 is 22.9 Å². The van der Waals surface area contributed by atoms with Crippen LogP contribution in [0.1, 0.15) is 20.8 Å². The Morgan fingerprint density at radius 3 is 2.62 bits per heavy atom. The summed E-state index contributed by atoms with van der Waals surface area (Å²) in [5, 5.41) is 3.56. The van der Waals surface area contributed by atoms with E-state index in [9.17, 15) is 8.42 Å². The lowest BCUT2D eigenvalue weighted by molar-refractivity contribution is 0.578. The summed E-state index contributed by atoms with van der Waals surface area (Å²) in [7, 11) is -3.60. The number of fused-ring (bicyclic) bond motifs is 1. The summed E-state index contributed by atoms with van der Waals surface area (Å²) in [4.78, 5) is 0.163. The normalized spacial score (nSPS) is 18.6. The molecule has 0 saturated heterocycles. The number of amidine groups is 1. The van der Waals surface area contributed by atoms with Crippen LogP contribution in [0.25, 0.3) is 0 Å². The average molecular weight is 279 g/mol. The maximum atomic E-state index is 11.9. The van der Waals surface area contributed by atoms with Crippen LogP contribution in [-0.2, 0) is 10.0 Å². The molecule has 0 aliphatic carbocycles. The van der Waals surface area contributed by atoms with Crippen molar-refractivity contribution in [1.82, 2.24) is 0 Å². The standard InChI is InChI=1S/C9H11ClN2O2S2/c1-9(2,3)8-11-7-5(4-6(10)15-7)16(13,14)12-8/h4H,1-3H3,(H,11,12). The molecule has 1 N–H and O–H groups in total. The van der Waals surface area contributed by atoms with Gasteiger partial charge < -0.3 is 5.32 Å². The highest BCUT2D eigenvalue weighted by Crippen LogP contribution is 2.39. The first-order valence-electron chi connectivity index (χ1n) is 4.62. The number of rotatable bonds is 0. The number of halogens is 1. The van der Waals surface area contributed by atoms with Gasteiger partial charge in [0.25, 0.3) is 10.0 Å². The highest BCUT2D eigenvalue weighted by atomic mass is 35.5. The van der Waals surface area contributed by atoms with Crippen molar-refractivity contribution >= 4 is 43.8 Å². The Balaban J connectivity index is 2.60. The van der Waals surface area contributed by atoms with Gasteiger partial charge in [-0.15, -0.1) is 15.7 Å². The zero-order chi connectivity index (χ0) is 12.1. The van der Waals surface area contributed by atoms with Crippen molar-refractivity contribution < 1.29 is 8.42 Å². The van der Waals surface area contributed by atoms with Crippen LogP contribution in [0.2, 0.25) is 4.34 Å². The van der Waals surface area contributed by atoms with Crippen molar-refractivity contribution in [3.63, 3.8) is 0 Å². The van der Waals surface area contributed by atoms with Gasteiger partial charge >= 0.3 is 0 Å². The molecular formula is C9H11ClN2O2S2. The number of hydrogen-bond donors (Lipinski definition) is 1. The third-order valence-corrected chi connectivity index (χ3v) is 4.71. The Kier molecular flexibility index (Phi) is 2.56. The molecule has 0 radical (unpaired) electrons. The molecule has 4 nitrogen and oxygen atoms in total. The summed E-state index contributed by atoms with van der Waals surface area (Å²) in [6.07, 6.45) is 0. The maximum Gasteiger partial charge on any atom is 0.286 e. The predicted molar refractivity (Wildman–Crippen MR) is 67.0 cm³/mol. The molecule has 0 spiro atoms. The zero-order valence-corrected chi connectivity index (χ0v) is 11.4. The second kappa shape index (κ2) is 3.45. The van der Waals surface area contributed by atoms with Crippen LogP contribution in [0.15, 0.2) is 15.4 Å². The van der Waals surface area contributed by atoms with Crippen molar-refractivity contribution in [2.24, 2.45) is 9.81 Å². The Hall–Kier alpha value is -0.590. The lowest BCUT2D eigenvalue weighted by Gasteiger charge is -2.24. The number of thiophene rings is 1. The van der Waals surface area contributed by atoms with Crippen molar-refractivity contribution in [1.29, 1.82) is 0 Å². The van der Waals surface area contributed by atoms with Gasteiger partial charge in [0.15, 0.2) is 0 Å². The van der Waals surface area contributed by atoms with Gasteiger partial charge in [0.05, 0.1) is 4.34 Å². The minimum atomic E-state index is -3.60. The summed E-state index contributed by atoms with van der Waals surface area (Å²) in [5.41, 5.74) is -0.346. The van der Waals surface area contributed by atoms with Crippen LogP contribution < -0.4 is 5.32 Å². The molecule has 1 aromatic rings. The van der Waals surface area contributed by atoms with Gasteiger partial charge in [-0.05, 0) is 6.07 Å². The fourth-order valence-electron chi connectivity index (χ4n) is 1.25. The molecule has 0 aromatic carbocycles. The summed E-state index contributed by atoms with van der Waals surface area (Å²) in [6, 6.07) is 1.42. The van der Waals surface area contributed by atoms with E-state index in [0.29, 0.717) is 15.2 Å². The van der Waals surface area contributed by atoms with Crippen LogP contribution in [0.5, 0.6) is 0 Å². The molecule has 0 atom stereocenters. The predicted octanol–water partition coefficient (Wildman–Crippen LogP) is 2.96. The average Bonchev–Trinajstić information content (AvgIpc) is 2.43. The lowest BCUT2D eigenvalue weighted by atomic mass is 9.95. The van der Waals surface area contributed by atoms with Gasteiger partial charge in [0.1, 0.15) is 15.7 Å². The van der Waals surface area contributed by atoms with Gasteiger partial charge in [0, 0.05) is 5.41 Å². The quantitative estimate of drug-likeness (QED) is 0.794. The Bertz CT molecular complexity index is 567. The van der Waals surface area contributed by atoms with Crippen molar-refractivity contribution in [2.75, 3.05) is 5.32 Å². The molecule has 0 saturated carbocycles. The SMILES string of the molecule is CC(C)(C)C1=NS(=O)(=O)c2cc(Cl)sc2N1. The second-order valence-corrected chi connectivity index (χ2v) is 7.79. The Labute approximate surface area is 103 Å². The van der Waals surface area contributed by atoms with Gasteiger partial charge in [-0.1, -0.05) is 32.4 Å². The van der Waals surface area contributed by atoms with Gasteiger partial charge in [0.2, 0.25) is 0 Å². The van der Waals surface area contributed by atoms with E-state index < -0.39 is 10.0 Å². The van der Waals surface area contributed by atoms with E-state index in [1.54, 1.807) is 0 Å². The molecule has 88 valence electrons. The molecule has 2 heterocycles. The number of nitrogens with one attached hydrogen (secondary N) is 1. The molecule has 0 unspecified atom stereocenters. The molecule has 0 amide bonds. The van der Waals surface area contributed by atoms with Crippen molar-refractivity contribution in [3.8, 4) is 0 Å². The van der Waals surface area contributed by atoms with E-state index in [-0.39, 0.29) is 10.3 Å². The van der Waals surface area contributed by atoms with Crippen LogP contribution in [0, 0.1) is 5.41 Å². The first-order valence-corrected chi connectivity index (χ1v) is 7.25. The van der Waals surface area contributed by atoms with E-state index >= 15 is 0 Å². The molecule has 2 rings (SSSR count). The van der Waals surface area contributed by atoms with E-state index in [0.717, 1.165) is 0 Å². The minimum absolute atomic E-state index is 0.163. The molecule has 0 fully saturated rings. The summed E-state index contributed by atoms with van der Waals surface area (Å²) in [5.74, 6) is 0.443. The van der Waals surface area contributed by atoms with Crippen LogP contribution in [-0.4, -0.2) is 14.3 Å². The van der Waals surface area contributed by atoms with Crippen molar-refractivity contribution in [3.05, 3.63) is 10.4 Å². The molecular weight excluding hydrogens is 268 g/mol. The molecule has 0 bridgehead atoms. The highest BCUT2D eigenvalue weighted by Gasteiger charge is 2.32. The van der Waals surface area contributed by atoms with Gasteiger partial charge in [-0.2, -0.15) is 8.42 Å². The largest absolute Gasteiger partial charge is 0.333 e. The van der Waals surface area contributed by atoms with Crippen LogP contribution in [0.3, 0.4) is 0 Å². The first kappa shape index (κ1) is 11.9. The van der Waals surface area contributed by atoms with Gasteiger partial charge in [-0.3, -0.25) is 0 Å². The molecule has 1 aliphatic rings. The Morgan fingerprint density at radius 1 is 1.44 bits per heavy atom. The number of hydrogen-bond acceptors (Lipinski definition) is 4. The number of nitrogens with zero attached hydrogens (tertiary/aromatic N) is 1. The monoisotopic (exact) mass is 278 g/mol. The van der Waals surface area contributed by atoms with E-state index in [1.165, 1.54) is 17.4 Å². The van der Waals surface area contributed by atoms with Crippen LogP contribution in [0.4, 0.5) is 5.00 Å². The maximum absolute atomic E-state index is 11.9. The first-order chi connectivity index (χ1) is 7.20. The minimum Gasteiger partial charge on any atom is -0.333 e. The zero-order valence-electron chi connectivity index (χ0n) is 9.04. The third kappa shape index (κ3) is 1.97. The summed E-state index contributed by atoms with van der Waals surface area (Å²) >= 11 is 7.01. The second-order valence-electron chi connectivity index (χ2n) is 4.53. The summed E-state index contributed by atoms with van der Waals surface area (Å²) in [6.45, 7) is 5.69. The molecule has 1 aromatic heterocycles. The Morgan fingerprint density at radius 2 is 2.06 bits per heavy atom. The number of sulfonamides is 1. The summed E-state index contributed by atoms with van der Waals surface area (Å²) < 4.78 is 27.9.